The van der Waals surface area contributed by atoms with E-state index in [4.69, 9.17) is 4.52 Å². The van der Waals surface area contributed by atoms with Crippen LogP contribution >= 0.6 is 24.0 Å². The number of halogens is 4. The highest BCUT2D eigenvalue weighted by Gasteiger charge is 2.30. The van der Waals surface area contributed by atoms with Crippen LogP contribution in [0.25, 0.3) is 0 Å². The van der Waals surface area contributed by atoms with Crippen LogP contribution in [-0.4, -0.2) is 47.2 Å². The Morgan fingerprint density at radius 2 is 1.91 bits per heavy atom. The van der Waals surface area contributed by atoms with Gasteiger partial charge < -0.3 is 15.2 Å². The van der Waals surface area contributed by atoms with Gasteiger partial charge in [0.25, 0.3) is 0 Å². The molecule has 7 nitrogen and oxygen atoms in total. The van der Waals surface area contributed by atoms with Crippen LogP contribution in [0, 0.1) is 0 Å². The minimum atomic E-state index is -4.31. The molecule has 2 N–H and O–H groups in total. The molecule has 3 rings (SSSR count). The smallest absolute Gasteiger partial charge is 0.352 e. The summed E-state index contributed by atoms with van der Waals surface area (Å²) < 4.78 is 43.4. The van der Waals surface area contributed by atoms with Crippen molar-refractivity contribution in [1.29, 1.82) is 0 Å². The molecular formula is C21H30F3IN6O. The molecule has 1 aromatic carbocycles. The highest BCUT2D eigenvalue weighted by atomic mass is 127. The van der Waals surface area contributed by atoms with Crippen LogP contribution in [0.3, 0.4) is 0 Å². The highest BCUT2D eigenvalue weighted by molar-refractivity contribution is 14.0. The van der Waals surface area contributed by atoms with E-state index in [1.807, 2.05) is 20.8 Å². The second kappa shape index (κ2) is 10.8. The monoisotopic (exact) mass is 566 g/mol. The maximum absolute atomic E-state index is 12.7. The molecule has 0 bridgehead atoms. The second-order valence-corrected chi connectivity index (χ2v) is 8.75. The topological polar surface area (TPSA) is 78.6 Å². The number of hydrogen-bond acceptors (Lipinski definition) is 5. The maximum Gasteiger partial charge on any atom is 0.416 e. The predicted octanol–water partition coefficient (Wildman–Crippen LogP) is 3.94. The Morgan fingerprint density at radius 1 is 1.22 bits per heavy atom. The number of guanidine groups is 1. The molecule has 1 atom stereocenters. The Morgan fingerprint density at radius 3 is 2.47 bits per heavy atom. The van der Waals surface area contributed by atoms with Gasteiger partial charge in [-0.05, 0) is 24.1 Å². The molecule has 0 saturated carbocycles. The average molecular weight is 566 g/mol. The summed E-state index contributed by atoms with van der Waals surface area (Å²) in [5.41, 5.74) is 0.0390. The standard InChI is InChI=1S/C21H29F3N6O.HI/c1-20(2,3)18-28-17(29-31-18)11-26-19(25-4)27-16-9-10-30(13-16)12-14-5-7-15(8-6-14)21(22,23)24;/h5-8,16H,9-13H2,1-4H3,(H2,25,26,27);1H. The van der Waals surface area contributed by atoms with Gasteiger partial charge in [-0.15, -0.1) is 24.0 Å². The zero-order chi connectivity index (χ0) is 22.6. The number of rotatable bonds is 5. The number of nitrogens with zero attached hydrogens (tertiary/aromatic N) is 4. The normalized spacial score (nSPS) is 17.8. The fourth-order valence-electron chi connectivity index (χ4n) is 3.33. The lowest BCUT2D eigenvalue weighted by molar-refractivity contribution is -0.137. The third-order valence-corrected chi connectivity index (χ3v) is 5.05. The van der Waals surface area contributed by atoms with Gasteiger partial charge >= 0.3 is 6.18 Å². The summed E-state index contributed by atoms with van der Waals surface area (Å²) in [6.45, 7) is 8.66. The Labute approximate surface area is 203 Å². The van der Waals surface area contributed by atoms with Crippen molar-refractivity contribution in [3.63, 3.8) is 0 Å². The predicted molar refractivity (Wildman–Crippen MR) is 127 cm³/mol. The number of aromatic nitrogens is 2. The zero-order valence-electron chi connectivity index (χ0n) is 18.7. The number of hydrogen-bond donors (Lipinski definition) is 2. The summed E-state index contributed by atoms with van der Waals surface area (Å²) in [6.07, 6.45) is -3.39. The summed E-state index contributed by atoms with van der Waals surface area (Å²) in [5.74, 6) is 1.79. The van der Waals surface area contributed by atoms with Crippen LogP contribution < -0.4 is 10.6 Å². The van der Waals surface area contributed by atoms with Gasteiger partial charge in [-0.25, -0.2) is 0 Å². The fraction of sp³-hybridized carbons (Fsp3) is 0.571. The van der Waals surface area contributed by atoms with Gasteiger partial charge in [0, 0.05) is 38.1 Å². The summed E-state index contributed by atoms with van der Waals surface area (Å²) in [7, 11) is 1.70. The van der Waals surface area contributed by atoms with Gasteiger partial charge in [0.15, 0.2) is 11.8 Å². The van der Waals surface area contributed by atoms with Crippen molar-refractivity contribution in [2.45, 2.75) is 57.9 Å². The van der Waals surface area contributed by atoms with E-state index in [1.165, 1.54) is 0 Å². The van der Waals surface area contributed by atoms with E-state index in [9.17, 15) is 13.2 Å². The maximum atomic E-state index is 12.7. The van der Waals surface area contributed by atoms with Gasteiger partial charge in [-0.3, -0.25) is 9.89 Å². The largest absolute Gasteiger partial charge is 0.416 e. The number of benzene rings is 1. The zero-order valence-corrected chi connectivity index (χ0v) is 21.0. The second-order valence-electron chi connectivity index (χ2n) is 8.75. The Hall–Kier alpha value is -1.89. The number of likely N-dealkylation sites (tertiary alicyclic amines) is 1. The third kappa shape index (κ3) is 7.32. The van der Waals surface area contributed by atoms with Crippen LogP contribution in [0.2, 0.25) is 0 Å². The summed E-state index contributed by atoms with van der Waals surface area (Å²) in [4.78, 5) is 10.9. The molecule has 0 amide bonds. The minimum absolute atomic E-state index is 0. The molecule has 1 saturated heterocycles. The molecule has 1 fully saturated rings. The van der Waals surface area contributed by atoms with E-state index in [0.29, 0.717) is 30.8 Å². The molecule has 32 heavy (non-hydrogen) atoms. The van der Waals surface area contributed by atoms with Crippen LogP contribution in [0.4, 0.5) is 13.2 Å². The molecule has 2 heterocycles. The number of aliphatic imine (C=N–C) groups is 1. The Kier molecular flexibility index (Phi) is 8.91. The van der Waals surface area contributed by atoms with Crippen molar-refractivity contribution in [3.05, 3.63) is 47.1 Å². The molecule has 1 aromatic heterocycles. The Bertz CT molecular complexity index is 892. The fourth-order valence-corrected chi connectivity index (χ4v) is 3.33. The van der Waals surface area contributed by atoms with Crippen molar-refractivity contribution in [2.75, 3.05) is 20.1 Å². The molecule has 178 valence electrons. The molecule has 11 heteroatoms. The lowest BCUT2D eigenvalue weighted by Gasteiger charge is -2.19. The lowest BCUT2D eigenvalue weighted by Crippen LogP contribution is -2.44. The van der Waals surface area contributed by atoms with Crippen molar-refractivity contribution >= 4 is 29.9 Å². The van der Waals surface area contributed by atoms with E-state index in [-0.39, 0.29) is 35.4 Å². The van der Waals surface area contributed by atoms with Gasteiger partial charge in [0.2, 0.25) is 5.89 Å². The van der Waals surface area contributed by atoms with Crippen molar-refractivity contribution in [2.24, 2.45) is 4.99 Å². The van der Waals surface area contributed by atoms with Crippen LogP contribution in [0.1, 0.15) is 50.0 Å². The quantitative estimate of drug-likeness (QED) is 0.325. The molecule has 1 aliphatic rings. The van der Waals surface area contributed by atoms with Gasteiger partial charge in [-0.2, -0.15) is 18.2 Å². The molecule has 0 aliphatic carbocycles. The van der Waals surface area contributed by atoms with Gasteiger partial charge in [-0.1, -0.05) is 38.1 Å². The lowest BCUT2D eigenvalue weighted by atomic mass is 9.97. The van der Waals surface area contributed by atoms with Gasteiger partial charge in [0.05, 0.1) is 12.1 Å². The first-order valence-corrected chi connectivity index (χ1v) is 10.2. The summed E-state index contributed by atoms with van der Waals surface area (Å²) in [5, 5.41) is 10.6. The highest BCUT2D eigenvalue weighted by Crippen LogP contribution is 2.29. The van der Waals surface area contributed by atoms with Crippen LogP contribution in [-0.2, 0) is 24.7 Å². The van der Waals surface area contributed by atoms with E-state index in [2.05, 4.69) is 30.7 Å². The Balaban J connectivity index is 0.00000363. The molecule has 0 spiro atoms. The van der Waals surface area contributed by atoms with E-state index in [1.54, 1.807) is 19.2 Å². The third-order valence-electron chi connectivity index (χ3n) is 5.05. The first-order chi connectivity index (χ1) is 14.5. The van der Waals surface area contributed by atoms with E-state index >= 15 is 0 Å². The minimum Gasteiger partial charge on any atom is -0.352 e. The van der Waals surface area contributed by atoms with Gasteiger partial charge in [0.1, 0.15) is 0 Å². The molecule has 1 aliphatic heterocycles. The van der Waals surface area contributed by atoms with Crippen molar-refractivity contribution < 1.29 is 17.7 Å². The summed E-state index contributed by atoms with van der Waals surface area (Å²) in [6, 6.07) is 5.55. The number of nitrogens with one attached hydrogen (secondary N) is 2. The average Bonchev–Trinajstić information content (AvgIpc) is 3.34. The van der Waals surface area contributed by atoms with Crippen molar-refractivity contribution in [3.8, 4) is 0 Å². The first-order valence-electron chi connectivity index (χ1n) is 10.2. The number of alkyl halides is 3. The molecule has 1 unspecified atom stereocenters. The van der Waals surface area contributed by atoms with Crippen molar-refractivity contribution in [1.82, 2.24) is 25.7 Å². The van der Waals surface area contributed by atoms with E-state index in [0.717, 1.165) is 37.2 Å². The van der Waals surface area contributed by atoms with Crippen LogP contribution in [0.15, 0.2) is 33.8 Å². The molecule has 0 radical (unpaired) electrons. The van der Waals surface area contributed by atoms with E-state index < -0.39 is 11.7 Å². The SMILES string of the molecule is CN=C(NCc1noc(C(C)(C)C)n1)NC1CCN(Cc2ccc(C(F)(F)F)cc2)C1.I. The summed E-state index contributed by atoms with van der Waals surface area (Å²) >= 11 is 0. The molecule has 2 aromatic rings. The first kappa shape index (κ1) is 26.4. The van der Waals surface area contributed by atoms with Crippen LogP contribution in [0.5, 0.6) is 0 Å². The molecular weight excluding hydrogens is 536 g/mol.